The van der Waals surface area contributed by atoms with Crippen molar-refractivity contribution < 1.29 is 18.8 Å². The zero-order chi connectivity index (χ0) is 17.4. The van der Waals surface area contributed by atoms with Crippen molar-refractivity contribution >= 4 is 23.4 Å². The molecule has 128 valence electrons. The number of carbonyl (C=O) groups excluding carboxylic acids is 3. The normalized spacial score (nSPS) is 24.7. The lowest BCUT2D eigenvalue weighted by molar-refractivity contribution is -0.146. The molecule has 1 aromatic carbocycles. The van der Waals surface area contributed by atoms with Crippen molar-refractivity contribution in [3.8, 4) is 0 Å². The number of rotatable bonds is 3. The van der Waals surface area contributed by atoms with Crippen LogP contribution in [0, 0.1) is 24.6 Å². The van der Waals surface area contributed by atoms with Gasteiger partial charge < -0.3 is 5.32 Å². The van der Waals surface area contributed by atoms with E-state index in [-0.39, 0.29) is 23.7 Å². The minimum Gasteiger partial charge on any atom is -0.324 e. The molecule has 1 saturated carbocycles. The highest BCUT2D eigenvalue weighted by Crippen LogP contribution is 2.38. The highest BCUT2D eigenvalue weighted by atomic mass is 19.1. The van der Waals surface area contributed by atoms with Gasteiger partial charge in [-0.1, -0.05) is 18.9 Å². The molecule has 1 aromatic rings. The maximum Gasteiger partial charge on any atom is 0.247 e. The topological polar surface area (TPSA) is 66.5 Å². The Morgan fingerprint density at radius 1 is 1.21 bits per heavy atom. The quantitative estimate of drug-likeness (QED) is 0.865. The van der Waals surface area contributed by atoms with Gasteiger partial charge in [0.2, 0.25) is 17.7 Å². The van der Waals surface area contributed by atoms with Gasteiger partial charge in [0.1, 0.15) is 11.9 Å². The standard InChI is InChI=1S/C18H21FN2O3/c1-10-7-8-12(19)9-15(10)20-16(22)11(2)21-17(23)13-5-3-4-6-14(13)18(21)24/h7-9,11,13-14H,3-6H2,1-2H3,(H,20,22). The molecule has 1 heterocycles. The van der Waals surface area contributed by atoms with Gasteiger partial charge in [-0.05, 0) is 44.4 Å². The second-order valence-electron chi connectivity index (χ2n) is 6.67. The number of hydrogen-bond acceptors (Lipinski definition) is 3. The second-order valence-corrected chi connectivity index (χ2v) is 6.67. The summed E-state index contributed by atoms with van der Waals surface area (Å²) in [5.74, 6) is -1.99. The fourth-order valence-electron chi connectivity index (χ4n) is 3.65. The first-order chi connectivity index (χ1) is 11.4. The van der Waals surface area contributed by atoms with Crippen LogP contribution in [0.2, 0.25) is 0 Å². The van der Waals surface area contributed by atoms with E-state index in [4.69, 9.17) is 0 Å². The molecule has 0 aromatic heterocycles. The Morgan fingerprint density at radius 2 is 1.79 bits per heavy atom. The van der Waals surface area contributed by atoms with E-state index in [1.807, 2.05) is 0 Å². The molecule has 3 atom stereocenters. The minimum atomic E-state index is -0.904. The number of anilines is 1. The van der Waals surface area contributed by atoms with Crippen molar-refractivity contribution in [1.82, 2.24) is 4.90 Å². The van der Waals surface area contributed by atoms with Gasteiger partial charge >= 0.3 is 0 Å². The van der Waals surface area contributed by atoms with Crippen LogP contribution in [0.4, 0.5) is 10.1 Å². The minimum absolute atomic E-state index is 0.247. The lowest BCUT2D eigenvalue weighted by Crippen LogP contribution is -2.46. The second kappa shape index (κ2) is 6.34. The summed E-state index contributed by atoms with van der Waals surface area (Å²) in [5, 5.41) is 2.63. The molecular weight excluding hydrogens is 311 g/mol. The summed E-state index contributed by atoms with van der Waals surface area (Å²) in [7, 11) is 0. The van der Waals surface area contributed by atoms with Gasteiger partial charge in [-0.3, -0.25) is 19.3 Å². The van der Waals surface area contributed by atoms with Crippen LogP contribution >= 0.6 is 0 Å². The van der Waals surface area contributed by atoms with E-state index >= 15 is 0 Å². The zero-order valence-electron chi connectivity index (χ0n) is 13.8. The van der Waals surface area contributed by atoms with Gasteiger partial charge in [0.05, 0.1) is 11.8 Å². The monoisotopic (exact) mass is 332 g/mol. The van der Waals surface area contributed by atoms with Crippen molar-refractivity contribution in [3.05, 3.63) is 29.6 Å². The summed E-state index contributed by atoms with van der Waals surface area (Å²) in [6, 6.07) is 3.20. The number of fused-ring (bicyclic) bond motifs is 1. The third kappa shape index (κ3) is 2.81. The fraction of sp³-hybridized carbons (Fsp3) is 0.500. The lowest BCUT2D eigenvalue weighted by atomic mass is 9.81. The molecule has 1 N–H and O–H groups in total. The molecular formula is C18H21FN2O3. The summed E-state index contributed by atoms with van der Waals surface area (Å²) in [6.07, 6.45) is 3.31. The van der Waals surface area contributed by atoms with Crippen molar-refractivity contribution in [2.75, 3.05) is 5.32 Å². The predicted molar refractivity (Wildman–Crippen MR) is 86.5 cm³/mol. The average Bonchev–Trinajstić information content (AvgIpc) is 2.82. The molecule has 1 aliphatic heterocycles. The molecule has 1 aliphatic carbocycles. The number of amides is 3. The summed E-state index contributed by atoms with van der Waals surface area (Å²) in [5.41, 5.74) is 1.06. The number of nitrogens with one attached hydrogen (secondary N) is 1. The molecule has 3 amide bonds. The Kier molecular flexibility index (Phi) is 4.39. The molecule has 24 heavy (non-hydrogen) atoms. The van der Waals surface area contributed by atoms with E-state index in [2.05, 4.69) is 5.32 Å². The number of likely N-dealkylation sites (tertiary alicyclic amines) is 1. The fourth-order valence-corrected chi connectivity index (χ4v) is 3.65. The van der Waals surface area contributed by atoms with Gasteiger partial charge in [-0.15, -0.1) is 0 Å². The summed E-state index contributed by atoms with van der Waals surface area (Å²) < 4.78 is 13.4. The number of nitrogens with zero attached hydrogens (tertiary/aromatic N) is 1. The first-order valence-corrected chi connectivity index (χ1v) is 8.34. The molecule has 3 unspecified atom stereocenters. The van der Waals surface area contributed by atoms with Crippen LogP contribution in [0.3, 0.4) is 0 Å². The first kappa shape index (κ1) is 16.6. The SMILES string of the molecule is Cc1ccc(F)cc1NC(=O)C(C)N1C(=O)C2CCCCC2C1=O. The number of imide groups is 1. The van der Waals surface area contributed by atoms with Gasteiger partial charge in [0.15, 0.2) is 0 Å². The molecule has 1 saturated heterocycles. The van der Waals surface area contributed by atoms with Crippen LogP contribution in [0.5, 0.6) is 0 Å². The maximum absolute atomic E-state index is 13.4. The highest BCUT2D eigenvalue weighted by molar-refractivity contribution is 6.09. The Morgan fingerprint density at radius 3 is 2.38 bits per heavy atom. The molecule has 6 heteroatoms. The molecule has 0 spiro atoms. The number of carbonyl (C=O) groups is 3. The molecule has 5 nitrogen and oxygen atoms in total. The van der Waals surface area contributed by atoms with Gasteiger partial charge in [-0.2, -0.15) is 0 Å². The predicted octanol–water partition coefficient (Wildman–Crippen LogP) is 2.64. The van der Waals surface area contributed by atoms with Crippen LogP contribution in [0.15, 0.2) is 18.2 Å². The Balaban J connectivity index is 1.77. The van der Waals surface area contributed by atoms with Crippen molar-refractivity contribution in [2.45, 2.75) is 45.6 Å². The number of benzene rings is 1. The van der Waals surface area contributed by atoms with Crippen LogP contribution in [0.1, 0.15) is 38.2 Å². The van der Waals surface area contributed by atoms with Crippen LogP contribution in [-0.4, -0.2) is 28.7 Å². The Bertz CT molecular complexity index is 680. The van der Waals surface area contributed by atoms with Crippen LogP contribution in [-0.2, 0) is 14.4 Å². The third-order valence-electron chi connectivity index (χ3n) is 5.10. The van der Waals surface area contributed by atoms with Gasteiger partial charge in [0, 0.05) is 5.69 Å². The Hall–Kier alpha value is -2.24. The number of hydrogen-bond donors (Lipinski definition) is 1. The lowest BCUT2D eigenvalue weighted by Gasteiger charge is -2.22. The van der Waals surface area contributed by atoms with E-state index in [0.29, 0.717) is 24.1 Å². The van der Waals surface area contributed by atoms with Crippen molar-refractivity contribution in [3.63, 3.8) is 0 Å². The maximum atomic E-state index is 13.4. The first-order valence-electron chi connectivity index (χ1n) is 8.34. The Labute approximate surface area is 140 Å². The van der Waals surface area contributed by atoms with Crippen molar-refractivity contribution in [1.29, 1.82) is 0 Å². The molecule has 2 aliphatic rings. The van der Waals surface area contributed by atoms with E-state index < -0.39 is 17.8 Å². The van der Waals surface area contributed by atoms with E-state index in [0.717, 1.165) is 17.7 Å². The van der Waals surface area contributed by atoms with E-state index in [9.17, 15) is 18.8 Å². The molecule has 0 radical (unpaired) electrons. The van der Waals surface area contributed by atoms with Crippen LogP contribution < -0.4 is 5.32 Å². The van der Waals surface area contributed by atoms with E-state index in [1.54, 1.807) is 13.0 Å². The number of aryl methyl sites for hydroxylation is 1. The van der Waals surface area contributed by atoms with Crippen molar-refractivity contribution in [2.24, 2.45) is 11.8 Å². The number of halogens is 1. The summed E-state index contributed by atoms with van der Waals surface area (Å²) in [6.45, 7) is 3.29. The summed E-state index contributed by atoms with van der Waals surface area (Å²) in [4.78, 5) is 38.7. The largest absolute Gasteiger partial charge is 0.324 e. The summed E-state index contributed by atoms with van der Waals surface area (Å²) >= 11 is 0. The molecule has 0 bridgehead atoms. The van der Waals surface area contributed by atoms with Gasteiger partial charge in [-0.25, -0.2) is 4.39 Å². The van der Waals surface area contributed by atoms with Gasteiger partial charge in [0.25, 0.3) is 0 Å². The van der Waals surface area contributed by atoms with E-state index in [1.165, 1.54) is 19.1 Å². The molecule has 2 fully saturated rings. The third-order valence-corrected chi connectivity index (χ3v) is 5.10. The smallest absolute Gasteiger partial charge is 0.247 e. The zero-order valence-corrected chi connectivity index (χ0v) is 13.8. The average molecular weight is 332 g/mol. The highest BCUT2D eigenvalue weighted by Gasteiger charge is 2.50. The molecule has 3 rings (SSSR count). The van der Waals surface area contributed by atoms with Crippen LogP contribution in [0.25, 0.3) is 0 Å².